The number of pyridine rings is 1. The fourth-order valence-electron chi connectivity index (χ4n) is 2.02. The molecule has 0 saturated carbocycles. The molecule has 3 nitrogen and oxygen atoms in total. The highest BCUT2D eigenvalue weighted by molar-refractivity contribution is 6.30. The second-order valence-corrected chi connectivity index (χ2v) is 4.38. The maximum Gasteiger partial charge on any atom is 0.147 e. The first kappa shape index (κ1) is 11.4. The van der Waals surface area contributed by atoms with E-state index >= 15 is 0 Å². The van der Waals surface area contributed by atoms with E-state index in [2.05, 4.69) is 11.1 Å². The van der Waals surface area contributed by atoms with Crippen molar-refractivity contribution in [2.45, 2.75) is 32.8 Å². The molecular weight excluding hydrogens is 224 g/mol. The van der Waals surface area contributed by atoms with Gasteiger partial charge in [0.1, 0.15) is 11.2 Å². The zero-order valence-corrected chi connectivity index (χ0v) is 10.1. The van der Waals surface area contributed by atoms with Gasteiger partial charge in [-0.25, -0.2) is 4.98 Å². The van der Waals surface area contributed by atoms with Gasteiger partial charge in [0.15, 0.2) is 0 Å². The lowest BCUT2D eigenvalue weighted by atomic mass is 10.0. The molecule has 0 amide bonds. The molecule has 2 rings (SSSR count). The Bertz CT molecular complexity index is 459. The predicted molar refractivity (Wildman–Crippen MR) is 61.4 cm³/mol. The number of nitrogens with zero attached hydrogens (tertiary/aromatic N) is 2. The van der Waals surface area contributed by atoms with E-state index in [1.54, 1.807) is 0 Å². The normalized spacial score (nSPS) is 19.8. The maximum absolute atomic E-state index is 8.97. The van der Waals surface area contributed by atoms with Crippen LogP contribution in [0.5, 0.6) is 0 Å². The minimum absolute atomic E-state index is 0.0453. The van der Waals surface area contributed by atoms with Gasteiger partial charge in [0, 0.05) is 6.61 Å². The van der Waals surface area contributed by atoms with Crippen LogP contribution in [-0.4, -0.2) is 11.6 Å². The lowest BCUT2D eigenvalue weighted by Gasteiger charge is -2.15. The molecule has 1 saturated heterocycles. The molecule has 1 aromatic rings. The second kappa shape index (κ2) is 4.40. The van der Waals surface area contributed by atoms with Crippen LogP contribution < -0.4 is 0 Å². The Kier molecular flexibility index (Phi) is 3.13. The van der Waals surface area contributed by atoms with E-state index in [1.807, 2.05) is 13.8 Å². The zero-order valence-electron chi connectivity index (χ0n) is 9.38. The molecule has 1 aromatic heterocycles. The van der Waals surface area contributed by atoms with Crippen LogP contribution in [0.2, 0.25) is 5.15 Å². The third-order valence-electron chi connectivity index (χ3n) is 3.09. The minimum Gasteiger partial charge on any atom is -0.372 e. The highest BCUT2D eigenvalue weighted by Gasteiger charge is 2.23. The summed E-state index contributed by atoms with van der Waals surface area (Å²) in [5.74, 6) is 0. The molecule has 1 aliphatic heterocycles. The topological polar surface area (TPSA) is 45.9 Å². The predicted octanol–water partition coefficient (Wildman–Crippen LogP) is 3.08. The molecule has 1 atom stereocenters. The largest absolute Gasteiger partial charge is 0.372 e. The van der Waals surface area contributed by atoms with Crippen molar-refractivity contribution < 1.29 is 4.74 Å². The van der Waals surface area contributed by atoms with Gasteiger partial charge in [0.25, 0.3) is 0 Å². The number of ether oxygens (including phenoxy) is 1. The molecule has 1 fully saturated rings. The van der Waals surface area contributed by atoms with Gasteiger partial charge in [-0.05, 0) is 37.8 Å². The molecule has 0 aliphatic carbocycles. The Morgan fingerprint density at radius 3 is 2.75 bits per heavy atom. The highest BCUT2D eigenvalue weighted by atomic mass is 35.5. The Balaban J connectivity index is 2.52. The van der Waals surface area contributed by atoms with Gasteiger partial charge in [-0.3, -0.25) is 0 Å². The van der Waals surface area contributed by atoms with E-state index < -0.39 is 0 Å². The molecule has 84 valence electrons. The van der Waals surface area contributed by atoms with E-state index in [0.29, 0.717) is 5.56 Å². The highest BCUT2D eigenvalue weighted by Crippen LogP contribution is 2.33. The molecule has 0 spiro atoms. The first-order valence-corrected chi connectivity index (χ1v) is 5.71. The van der Waals surface area contributed by atoms with Crippen LogP contribution in [0.3, 0.4) is 0 Å². The van der Waals surface area contributed by atoms with Crippen LogP contribution in [0, 0.1) is 25.2 Å². The molecule has 1 aliphatic rings. The quantitative estimate of drug-likeness (QED) is 0.704. The average Bonchev–Trinajstić information content (AvgIpc) is 2.77. The second-order valence-electron chi connectivity index (χ2n) is 4.03. The number of nitriles is 1. The van der Waals surface area contributed by atoms with Crippen LogP contribution >= 0.6 is 11.6 Å². The Morgan fingerprint density at radius 2 is 2.19 bits per heavy atom. The molecule has 0 radical (unpaired) electrons. The van der Waals surface area contributed by atoms with Gasteiger partial charge < -0.3 is 4.74 Å². The molecule has 16 heavy (non-hydrogen) atoms. The van der Waals surface area contributed by atoms with Gasteiger partial charge >= 0.3 is 0 Å². The number of hydrogen-bond donors (Lipinski definition) is 0. The molecule has 0 unspecified atom stereocenters. The summed E-state index contributed by atoms with van der Waals surface area (Å²) in [5.41, 5.74) is 3.29. The molecule has 0 aromatic carbocycles. The van der Waals surface area contributed by atoms with Gasteiger partial charge in [0.2, 0.25) is 0 Å². The van der Waals surface area contributed by atoms with Crippen molar-refractivity contribution in [3.05, 3.63) is 27.5 Å². The molecule has 0 N–H and O–H groups in total. The summed E-state index contributed by atoms with van der Waals surface area (Å²) in [7, 11) is 0. The summed E-state index contributed by atoms with van der Waals surface area (Å²) in [4.78, 5) is 4.30. The Labute approximate surface area is 100 Å². The Hall–Kier alpha value is -1.11. The summed E-state index contributed by atoms with van der Waals surface area (Å²) < 4.78 is 5.60. The van der Waals surface area contributed by atoms with Crippen LogP contribution in [0.4, 0.5) is 0 Å². The van der Waals surface area contributed by atoms with E-state index in [9.17, 15) is 0 Å². The number of hydrogen-bond acceptors (Lipinski definition) is 3. The van der Waals surface area contributed by atoms with Crippen molar-refractivity contribution in [1.82, 2.24) is 4.98 Å². The van der Waals surface area contributed by atoms with E-state index in [0.717, 1.165) is 36.3 Å². The van der Waals surface area contributed by atoms with Crippen LogP contribution in [-0.2, 0) is 4.74 Å². The summed E-state index contributed by atoms with van der Waals surface area (Å²) in [6.07, 6.45) is 2.08. The molecule has 0 bridgehead atoms. The average molecular weight is 237 g/mol. The summed E-state index contributed by atoms with van der Waals surface area (Å²) in [6, 6.07) is 2.09. The van der Waals surface area contributed by atoms with Crippen molar-refractivity contribution >= 4 is 11.6 Å². The molecular formula is C12H13ClN2O. The first-order valence-electron chi connectivity index (χ1n) is 5.33. The van der Waals surface area contributed by atoms with Crippen LogP contribution in [0.25, 0.3) is 0 Å². The smallest absolute Gasteiger partial charge is 0.147 e. The standard InChI is InChI=1S/C12H13ClN2O/c1-7-8(2)11(10-4-3-5-16-10)15-12(13)9(7)6-14/h10H,3-5H2,1-2H3/t10-/m0/s1. The summed E-state index contributed by atoms with van der Waals surface area (Å²) >= 11 is 6.00. The van der Waals surface area contributed by atoms with Crippen molar-refractivity contribution in [1.29, 1.82) is 5.26 Å². The van der Waals surface area contributed by atoms with Crippen LogP contribution in [0.1, 0.15) is 41.3 Å². The third kappa shape index (κ3) is 1.79. The summed E-state index contributed by atoms with van der Waals surface area (Å²) in [5, 5.41) is 9.26. The maximum atomic E-state index is 8.97. The minimum atomic E-state index is 0.0453. The zero-order chi connectivity index (χ0) is 11.7. The van der Waals surface area contributed by atoms with Gasteiger partial charge in [-0.2, -0.15) is 5.26 Å². The Morgan fingerprint density at radius 1 is 1.44 bits per heavy atom. The number of rotatable bonds is 1. The van der Waals surface area contributed by atoms with Gasteiger partial charge in [-0.1, -0.05) is 11.6 Å². The SMILES string of the molecule is Cc1c([C@@H]2CCCO2)nc(Cl)c(C#N)c1C. The van der Waals surface area contributed by atoms with Gasteiger partial charge in [-0.15, -0.1) is 0 Å². The van der Waals surface area contributed by atoms with Crippen LogP contribution in [0.15, 0.2) is 0 Å². The van der Waals surface area contributed by atoms with Crippen molar-refractivity contribution in [2.24, 2.45) is 0 Å². The van der Waals surface area contributed by atoms with Crippen molar-refractivity contribution in [3.63, 3.8) is 0 Å². The molecule has 4 heteroatoms. The first-order chi connectivity index (χ1) is 7.65. The van der Waals surface area contributed by atoms with E-state index in [1.165, 1.54) is 0 Å². The van der Waals surface area contributed by atoms with Crippen molar-refractivity contribution in [3.8, 4) is 6.07 Å². The fraction of sp³-hybridized carbons (Fsp3) is 0.500. The van der Waals surface area contributed by atoms with E-state index in [-0.39, 0.29) is 11.3 Å². The van der Waals surface area contributed by atoms with Crippen molar-refractivity contribution in [2.75, 3.05) is 6.61 Å². The summed E-state index contributed by atoms with van der Waals surface area (Å²) in [6.45, 7) is 4.65. The lowest BCUT2D eigenvalue weighted by Crippen LogP contribution is -2.06. The number of halogens is 1. The number of aromatic nitrogens is 1. The fourth-order valence-corrected chi connectivity index (χ4v) is 2.29. The van der Waals surface area contributed by atoms with E-state index in [4.69, 9.17) is 21.6 Å². The lowest BCUT2D eigenvalue weighted by molar-refractivity contribution is 0.108. The monoisotopic (exact) mass is 236 g/mol. The third-order valence-corrected chi connectivity index (χ3v) is 3.37. The molecule has 2 heterocycles. The van der Waals surface area contributed by atoms with Gasteiger partial charge in [0.05, 0.1) is 17.4 Å².